The lowest BCUT2D eigenvalue weighted by atomic mass is 10.1. The van der Waals surface area contributed by atoms with Gasteiger partial charge in [0.2, 0.25) is 11.8 Å². The summed E-state index contributed by atoms with van der Waals surface area (Å²) in [4.78, 5) is 25.2. The maximum atomic E-state index is 12.0. The van der Waals surface area contributed by atoms with Crippen LogP contribution in [-0.4, -0.2) is 23.9 Å². The standard InChI is InChI=1S/C12H14N2O2/c1-8-12(16)14(9(2)11(15)13-8)10-6-4-3-5-7-10/h3-9H,1-2H3,(H,13,15). The van der Waals surface area contributed by atoms with E-state index in [9.17, 15) is 9.59 Å². The van der Waals surface area contributed by atoms with E-state index in [0.717, 1.165) is 5.69 Å². The quantitative estimate of drug-likeness (QED) is 0.762. The van der Waals surface area contributed by atoms with E-state index in [1.807, 2.05) is 30.3 Å². The number of amides is 2. The summed E-state index contributed by atoms with van der Waals surface area (Å²) in [6, 6.07) is 8.35. The summed E-state index contributed by atoms with van der Waals surface area (Å²) >= 11 is 0. The fraction of sp³-hybridized carbons (Fsp3) is 0.333. The van der Waals surface area contributed by atoms with Gasteiger partial charge in [0.25, 0.3) is 0 Å². The molecule has 1 N–H and O–H groups in total. The van der Waals surface area contributed by atoms with Crippen LogP contribution in [0.4, 0.5) is 5.69 Å². The number of piperazine rings is 1. The van der Waals surface area contributed by atoms with Gasteiger partial charge in [-0.1, -0.05) is 18.2 Å². The van der Waals surface area contributed by atoms with E-state index in [1.54, 1.807) is 18.7 Å². The molecular formula is C12H14N2O2. The highest BCUT2D eigenvalue weighted by Gasteiger charge is 2.36. The maximum absolute atomic E-state index is 12.0. The molecule has 84 valence electrons. The molecule has 2 rings (SSSR count). The Hall–Kier alpha value is -1.84. The highest BCUT2D eigenvalue weighted by molar-refractivity contribution is 6.07. The average Bonchev–Trinajstić information content (AvgIpc) is 2.28. The van der Waals surface area contributed by atoms with E-state index in [2.05, 4.69) is 5.32 Å². The second-order valence-corrected chi connectivity index (χ2v) is 3.95. The molecule has 0 spiro atoms. The highest BCUT2D eigenvalue weighted by Crippen LogP contribution is 2.20. The van der Waals surface area contributed by atoms with Crippen molar-refractivity contribution in [3.63, 3.8) is 0 Å². The molecule has 4 nitrogen and oxygen atoms in total. The predicted octanol–water partition coefficient (Wildman–Crippen LogP) is 0.926. The van der Waals surface area contributed by atoms with Gasteiger partial charge in [-0.15, -0.1) is 0 Å². The number of nitrogens with zero attached hydrogens (tertiary/aromatic N) is 1. The number of hydrogen-bond acceptors (Lipinski definition) is 2. The van der Waals surface area contributed by atoms with Crippen LogP contribution in [0.5, 0.6) is 0 Å². The summed E-state index contributed by atoms with van der Waals surface area (Å²) in [5, 5.41) is 2.65. The molecule has 2 atom stereocenters. The number of anilines is 1. The Labute approximate surface area is 94.2 Å². The van der Waals surface area contributed by atoms with Crippen LogP contribution < -0.4 is 10.2 Å². The second kappa shape index (κ2) is 3.96. The predicted molar refractivity (Wildman–Crippen MR) is 61.0 cm³/mol. The van der Waals surface area contributed by atoms with Crippen LogP contribution in [-0.2, 0) is 9.59 Å². The molecule has 1 aromatic rings. The lowest BCUT2D eigenvalue weighted by molar-refractivity contribution is -0.133. The van der Waals surface area contributed by atoms with E-state index in [4.69, 9.17) is 0 Å². The number of nitrogens with one attached hydrogen (secondary N) is 1. The van der Waals surface area contributed by atoms with Crippen LogP contribution in [0.2, 0.25) is 0 Å². The summed E-state index contributed by atoms with van der Waals surface area (Å²) in [5.41, 5.74) is 0.765. The monoisotopic (exact) mass is 218 g/mol. The molecule has 1 aromatic carbocycles. The molecule has 1 saturated heterocycles. The molecule has 0 aromatic heterocycles. The van der Waals surface area contributed by atoms with Crippen LogP contribution in [0.25, 0.3) is 0 Å². The Balaban J connectivity index is 2.37. The van der Waals surface area contributed by atoms with Gasteiger partial charge >= 0.3 is 0 Å². The summed E-state index contributed by atoms with van der Waals surface area (Å²) in [7, 11) is 0. The number of benzene rings is 1. The first-order valence-electron chi connectivity index (χ1n) is 5.30. The fourth-order valence-electron chi connectivity index (χ4n) is 1.85. The molecule has 2 amide bonds. The Morgan fingerprint density at radius 2 is 1.75 bits per heavy atom. The van der Waals surface area contributed by atoms with Gasteiger partial charge in [0.05, 0.1) is 0 Å². The van der Waals surface area contributed by atoms with Crippen molar-refractivity contribution in [3.05, 3.63) is 30.3 Å². The normalized spacial score (nSPS) is 25.5. The average molecular weight is 218 g/mol. The number of para-hydroxylation sites is 1. The molecule has 1 aliphatic rings. The van der Waals surface area contributed by atoms with Crippen molar-refractivity contribution in [2.75, 3.05) is 4.90 Å². The molecule has 2 unspecified atom stereocenters. The molecule has 0 saturated carbocycles. The van der Waals surface area contributed by atoms with Gasteiger partial charge in [-0.25, -0.2) is 0 Å². The molecule has 4 heteroatoms. The van der Waals surface area contributed by atoms with Gasteiger partial charge in [0.1, 0.15) is 12.1 Å². The Morgan fingerprint density at radius 3 is 2.38 bits per heavy atom. The fourth-order valence-corrected chi connectivity index (χ4v) is 1.85. The first kappa shape index (κ1) is 10.7. The number of rotatable bonds is 1. The minimum Gasteiger partial charge on any atom is -0.343 e. The lowest BCUT2D eigenvalue weighted by Crippen LogP contribution is -2.61. The number of carbonyl (C=O) groups excluding carboxylic acids is 2. The van der Waals surface area contributed by atoms with E-state index < -0.39 is 12.1 Å². The number of hydrogen-bond donors (Lipinski definition) is 1. The third-order valence-corrected chi connectivity index (χ3v) is 2.77. The summed E-state index contributed by atoms with van der Waals surface area (Å²) < 4.78 is 0. The minimum absolute atomic E-state index is 0.0710. The molecular weight excluding hydrogens is 204 g/mol. The minimum atomic E-state index is -0.455. The van der Waals surface area contributed by atoms with Gasteiger partial charge in [-0.05, 0) is 26.0 Å². The van der Waals surface area contributed by atoms with E-state index >= 15 is 0 Å². The zero-order valence-electron chi connectivity index (χ0n) is 9.31. The van der Waals surface area contributed by atoms with Gasteiger partial charge in [-0.3, -0.25) is 14.5 Å². The van der Waals surface area contributed by atoms with Crippen molar-refractivity contribution in [1.82, 2.24) is 5.32 Å². The zero-order valence-corrected chi connectivity index (χ0v) is 9.31. The van der Waals surface area contributed by atoms with E-state index in [1.165, 1.54) is 0 Å². The first-order valence-corrected chi connectivity index (χ1v) is 5.30. The zero-order chi connectivity index (χ0) is 11.7. The molecule has 0 radical (unpaired) electrons. The van der Waals surface area contributed by atoms with Crippen molar-refractivity contribution >= 4 is 17.5 Å². The first-order chi connectivity index (χ1) is 7.61. The van der Waals surface area contributed by atoms with Crippen LogP contribution in [0, 0.1) is 0 Å². The van der Waals surface area contributed by atoms with Crippen molar-refractivity contribution in [1.29, 1.82) is 0 Å². The van der Waals surface area contributed by atoms with Crippen LogP contribution >= 0.6 is 0 Å². The number of carbonyl (C=O) groups is 2. The van der Waals surface area contributed by atoms with Crippen molar-refractivity contribution in [2.45, 2.75) is 25.9 Å². The van der Waals surface area contributed by atoms with E-state index in [0.29, 0.717) is 0 Å². The van der Waals surface area contributed by atoms with Crippen molar-refractivity contribution in [3.8, 4) is 0 Å². The molecule has 1 aliphatic heterocycles. The molecule has 0 bridgehead atoms. The van der Waals surface area contributed by atoms with Gasteiger partial charge in [0, 0.05) is 5.69 Å². The Bertz CT molecular complexity index is 416. The largest absolute Gasteiger partial charge is 0.343 e. The van der Waals surface area contributed by atoms with Crippen molar-refractivity contribution < 1.29 is 9.59 Å². The smallest absolute Gasteiger partial charge is 0.250 e. The summed E-state index contributed by atoms with van der Waals surface area (Å²) in [6.45, 7) is 3.42. The SMILES string of the molecule is CC1NC(=O)C(C)N(c2ccccc2)C1=O. The highest BCUT2D eigenvalue weighted by atomic mass is 16.2. The third-order valence-electron chi connectivity index (χ3n) is 2.77. The molecule has 0 aliphatic carbocycles. The topological polar surface area (TPSA) is 49.4 Å². The Morgan fingerprint density at radius 1 is 1.12 bits per heavy atom. The lowest BCUT2D eigenvalue weighted by Gasteiger charge is -2.36. The van der Waals surface area contributed by atoms with Crippen LogP contribution in [0.1, 0.15) is 13.8 Å². The molecule has 1 heterocycles. The Kier molecular flexibility index (Phi) is 2.64. The molecule has 1 fully saturated rings. The van der Waals surface area contributed by atoms with Gasteiger partial charge in [0.15, 0.2) is 0 Å². The van der Waals surface area contributed by atoms with Gasteiger partial charge < -0.3 is 5.32 Å². The second-order valence-electron chi connectivity index (χ2n) is 3.95. The summed E-state index contributed by atoms with van der Waals surface area (Å²) in [6.07, 6.45) is 0. The van der Waals surface area contributed by atoms with Gasteiger partial charge in [-0.2, -0.15) is 0 Å². The molecule has 16 heavy (non-hydrogen) atoms. The van der Waals surface area contributed by atoms with Crippen LogP contribution in [0.3, 0.4) is 0 Å². The third kappa shape index (κ3) is 1.66. The van der Waals surface area contributed by atoms with Crippen molar-refractivity contribution in [2.24, 2.45) is 0 Å². The summed E-state index contributed by atoms with van der Waals surface area (Å²) in [5.74, 6) is -0.186. The maximum Gasteiger partial charge on any atom is 0.250 e. The van der Waals surface area contributed by atoms with Crippen LogP contribution in [0.15, 0.2) is 30.3 Å². The van der Waals surface area contributed by atoms with E-state index in [-0.39, 0.29) is 11.8 Å².